The van der Waals surface area contributed by atoms with Crippen molar-refractivity contribution in [1.82, 2.24) is 9.97 Å². The Kier molecular flexibility index (Phi) is 7.58. The summed E-state index contributed by atoms with van der Waals surface area (Å²) in [4.78, 5) is 21.6. The molecule has 1 saturated heterocycles. The lowest BCUT2D eigenvalue weighted by atomic mass is 9.69. The van der Waals surface area contributed by atoms with Gasteiger partial charge in [0.05, 0.1) is 22.3 Å². The number of benzene rings is 1. The lowest BCUT2D eigenvalue weighted by Crippen LogP contribution is -2.56. The van der Waals surface area contributed by atoms with Crippen LogP contribution >= 0.6 is 0 Å². The molecule has 9 nitrogen and oxygen atoms in total. The van der Waals surface area contributed by atoms with E-state index in [1.54, 1.807) is 36.1 Å². The topological polar surface area (TPSA) is 133 Å². The molecule has 4 rings (SSSR count). The number of nitrogens with zero attached hydrogens (tertiary/aromatic N) is 3. The number of carbonyl (C=O) groups is 1. The highest BCUT2D eigenvalue weighted by Crippen LogP contribution is 2.41. The van der Waals surface area contributed by atoms with Crippen molar-refractivity contribution in [3.63, 3.8) is 0 Å². The molecule has 0 spiro atoms. The molecule has 13 heteroatoms. The van der Waals surface area contributed by atoms with Crippen LogP contribution in [0, 0.1) is 12.3 Å². The number of piperidine rings is 1. The predicted molar refractivity (Wildman–Crippen MR) is 142 cm³/mol. The number of pyridine rings is 2. The van der Waals surface area contributed by atoms with Crippen LogP contribution in [0.2, 0.25) is 0 Å². The van der Waals surface area contributed by atoms with Crippen molar-refractivity contribution >= 4 is 27.6 Å². The fourth-order valence-corrected chi connectivity index (χ4v) is 5.60. The van der Waals surface area contributed by atoms with Crippen LogP contribution in [0.25, 0.3) is 11.3 Å². The van der Waals surface area contributed by atoms with Crippen molar-refractivity contribution in [2.45, 2.75) is 50.4 Å². The number of aromatic nitrogens is 2. The lowest BCUT2D eigenvalue weighted by Gasteiger charge is -2.45. The van der Waals surface area contributed by atoms with Crippen LogP contribution in [0.4, 0.5) is 24.8 Å². The first-order chi connectivity index (χ1) is 18.5. The highest BCUT2D eigenvalue weighted by Gasteiger charge is 2.50. The van der Waals surface area contributed by atoms with Crippen LogP contribution in [0.15, 0.2) is 59.6 Å². The molecule has 3 aromatic rings. The molecular weight excluding hydrogens is 549 g/mol. The number of nitrogens with one attached hydrogen (secondary N) is 1. The Bertz CT molecular complexity index is 1540. The number of alkyl halides is 3. The summed E-state index contributed by atoms with van der Waals surface area (Å²) in [6.07, 6.45) is -4.46. The van der Waals surface area contributed by atoms with E-state index in [0.29, 0.717) is 11.4 Å². The Hall–Kier alpha value is -3.71. The minimum atomic E-state index is -4.71. The maximum atomic E-state index is 13.7. The number of rotatable bonds is 7. The summed E-state index contributed by atoms with van der Waals surface area (Å²) < 4.78 is 69.8. The average Bonchev–Trinajstić information content (AvgIpc) is 2.88. The number of aryl methyl sites for hydroxylation is 1. The van der Waals surface area contributed by atoms with Gasteiger partial charge in [-0.15, -0.1) is 0 Å². The molecule has 0 amide bonds. The summed E-state index contributed by atoms with van der Waals surface area (Å²) in [5.41, 5.74) is -3.49. The van der Waals surface area contributed by atoms with Crippen molar-refractivity contribution < 1.29 is 36.6 Å². The van der Waals surface area contributed by atoms with Crippen molar-refractivity contribution in [1.29, 1.82) is 0 Å². The van der Waals surface area contributed by atoms with Gasteiger partial charge in [-0.3, -0.25) is 9.52 Å². The van der Waals surface area contributed by atoms with Crippen LogP contribution < -0.4 is 9.62 Å². The Morgan fingerprint density at radius 2 is 1.65 bits per heavy atom. The second-order valence-corrected chi connectivity index (χ2v) is 11.9. The van der Waals surface area contributed by atoms with Gasteiger partial charge in [0.25, 0.3) is 10.0 Å². The number of hydrogen-bond donors (Lipinski definition) is 3. The monoisotopic (exact) mass is 578 g/mol. The molecule has 40 heavy (non-hydrogen) atoms. The van der Waals surface area contributed by atoms with Crippen molar-refractivity contribution in [2.24, 2.45) is 5.41 Å². The first-order valence-electron chi connectivity index (χ1n) is 12.4. The Labute approximate surface area is 229 Å². The van der Waals surface area contributed by atoms with Crippen LogP contribution in [0.3, 0.4) is 0 Å². The van der Waals surface area contributed by atoms with Gasteiger partial charge in [-0.05, 0) is 63.4 Å². The molecule has 0 atom stereocenters. The summed E-state index contributed by atoms with van der Waals surface area (Å²) in [6.45, 7) is 5.02. The molecule has 0 unspecified atom stereocenters. The third kappa shape index (κ3) is 5.61. The fourth-order valence-electron chi connectivity index (χ4n) is 4.64. The standard InChI is InChI=1S/C27H29F3N4O5S/c1-17-7-4-5-8-18(17)23-19(27(28,29)30)11-12-20(31-23)33-40(38,39)22-10-6-9-21(32-22)34-15-13-26(37,14-16-34)25(2,3)24(35)36/h4-12,37H,13-16H2,1-3H3,(H,31,33)(H,35,36). The Morgan fingerprint density at radius 1 is 1.00 bits per heavy atom. The summed E-state index contributed by atoms with van der Waals surface area (Å²) in [5.74, 6) is -1.14. The first-order valence-corrected chi connectivity index (χ1v) is 13.9. The number of aliphatic hydroxyl groups is 1. The van der Waals surface area contributed by atoms with Crippen LogP contribution in [-0.4, -0.2) is 53.3 Å². The van der Waals surface area contributed by atoms with E-state index in [2.05, 4.69) is 14.7 Å². The molecule has 2 aromatic heterocycles. The maximum Gasteiger partial charge on any atom is 0.418 e. The van der Waals surface area contributed by atoms with Gasteiger partial charge in [0.2, 0.25) is 0 Å². The molecule has 0 bridgehead atoms. The minimum absolute atomic E-state index is 0.125. The zero-order valence-electron chi connectivity index (χ0n) is 22.0. The fraction of sp³-hybridized carbons (Fsp3) is 0.370. The highest BCUT2D eigenvalue weighted by molar-refractivity contribution is 7.92. The van der Waals surface area contributed by atoms with Gasteiger partial charge in [-0.2, -0.15) is 21.6 Å². The molecule has 1 aliphatic rings. The second kappa shape index (κ2) is 10.4. The summed E-state index contributed by atoms with van der Waals surface area (Å²) >= 11 is 0. The van der Waals surface area contributed by atoms with E-state index in [1.807, 2.05) is 0 Å². The molecule has 1 fully saturated rings. The number of halogens is 3. The Balaban J connectivity index is 1.60. The molecule has 3 N–H and O–H groups in total. The van der Waals surface area contributed by atoms with Gasteiger partial charge in [0.1, 0.15) is 11.6 Å². The summed E-state index contributed by atoms with van der Waals surface area (Å²) in [6, 6.07) is 12.4. The Morgan fingerprint density at radius 3 is 2.25 bits per heavy atom. The average molecular weight is 579 g/mol. The molecule has 0 radical (unpaired) electrons. The van der Waals surface area contributed by atoms with Gasteiger partial charge < -0.3 is 15.1 Å². The van der Waals surface area contributed by atoms with E-state index in [4.69, 9.17) is 0 Å². The third-order valence-electron chi connectivity index (χ3n) is 7.44. The first kappa shape index (κ1) is 29.3. The van der Waals surface area contributed by atoms with Crippen LogP contribution in [0.5, 0.6) is 0 Å². The number of carboxylic acids is 1. The summed E-state index contributed by atoms with van der Waals surface area (Å²) in [7, 11) is -4.35. The van der Waals surface area contributed by atoms with E-state index in [1.165, 1.54) is 32.0 Å². The van der Waals surface area contributed by atoms with E-state index in [-0.39, 0.29) is 42.3 Å². The second-order valence-electron chi connectivity index (χ2n) is 10.3. The number of anilines is 2. The van der Waals surface area contributed by atoms with E-state index >= 15 is 0 Å². The molecule has 1 aromatic carbocycles. The van der Waals surface area contributed by atoms with E-state index in [0.717, 1.165) is 12.1 Å². The van der Waals surface area contributed by atoms with Gasteiger partial charge >= 0.3 is 12.1 Å². The largest absolute Gasteiger partial charge is 0.481 e. The van der Waals surface area contributed by atoms with Crippen molar-refractivity contribution in [2.75, 3.05) is 22.7 Å². The van der Waals surface area contributed by atoms with Crippen LogP contribution in [0.1, 0.15) is 37.8 Å². The molecule has 3 heterocycles. The normalized spacial score (nSPS) is 16.0. The zero-order chi connectivity index (χ0) is 29.5. The van der Waals surface area contributed by atoms with Gasteiger partial charge in [0, 0.05) is 18.7 Å². The molecule has 0 aliphatic carbocycles. The molecule has 214 valence electrons. The van der Waals surface area contributed by atoms with Gasteiger partial charge in [-0.25, -0.2) is 9.97 Å². The third-order valence-corrected chi connectivity index (χ3v) is 8.69. The van der Waals surface area contributed by atoms with Crippen molar-refractivity contribution in [3.05, 3.63) is 65.7 Å². The van der Waals surface area contributed by atoms with Gasteiger partial charge in [-0.1, -0.05) is 30.3 Å². The lowest BCUT2D eigenvalue weighted by molar-refractivity contribution is -0.167. The van der Waals surface area contributed by atoms with E-state index < -0.39 is 44.4 Å². The van der Waals surface area contributed by atoms with Crippen LogP contribution in [-0.2, 0) is 21.0 Å². The van der Waals surface area contributed by atoms with E-state index in [9.17, 15) is 36.6 Å². The predicted octanol–water partition coefficient (Wildman–Crippen LogP) is 4.71. The molecule has 0 saturated carbocycles. The zero-order valence-corrected chi connectivity index (χ0v) is 22.8. The number of sulfonamides is 1. The van der Waals surface area contributed by atoms with Gasteiger partial charge in [0.15, 0.2) is 5.03 Å². The summed E-state index contributed by atoms with van der Waals surface area (Å²) in [5, 5.41) is 20.1. The highest BCUT2D eigenvalue weighted by atomic mass is 32.2. The molecule has 1 aliphatic heterocycles. The number of hydrogen-bond acceptors (Lipinski definition) is 7. The SMILES string of the molecule is Cc1ccccc1-c1nc(NS(=O)(=O)c2cccc(N3CCC(O)(C(C)(C)C(=O)O)CC3)n2)ccc1C(F)(F)F. The molecular formula is C27H29F3N4O5S. The maximum absolute atomic E-state index is 13.7. The van der Waals surface area contributed by atoms with Crippen molar-refractivity contribution in [3.8, 4) is 11.3 Å². The minimum Gasteiger partial charge on any atom is -0.481 e. The quantitative estimate of drug-likeness (QED) is 0.367. The number of aliphatic carboxylic acids is 1. The number of carboxylic acid groups (broad SMARTS) is 1. The smallest absolute Gasteiger partial charge is 0.418 e.